The molecule has 20 heavy (non-hydrogen) atoms. The molecule has 1 amide bonds. The summed E-state index contributed by atoms with van der Waals surface area (Å²) in [5.41, 5.74) is 1.08. The molecule has 4 nitrogen and oxygen atoms in total. The van der Waals surface area contributed by atoms with E-state index in [0.29, 0.717) is 19.0 Å². The third-order valence-corrected chi connectivity index (χ3v) is 3.38. The lowest BCUT2D eigenvalue weighted by molar-refractivity contribution is -0.121. The number of rotatable bonds is 7. The molecule has 3 N–H and O–H groups in total. The van der Waals surface area contributed by atoms with Crippen molar-refractivity contribution in [2.45, 2.75) is 44.4 Å². The van der Waals surface area contributed by atoms with Crippen LogP contribution in [-0.2, 0) is 11.2 Å². The number of carbonyl (C=O) groups excluding carboxylic acids is 1. The van der Waals surface area contributed by atoms with Gasteiger partial charge in [0.05, 0.1) is 18.7 Å². The lowest BCUT2D eigenvalue weighted by Crippen LogP contribution is -2.45. The molecule has 0 aliphatic heterocycles. The molecule has 0 spiro atoms. The molecule has 2 atom stereocenters. The van der Waals surface area contributed by atoms with Gasteiger partial charge in [0, 0.05) is 12.5 Å². The zero-order chi connectivity index (χ0) is 13.7. The van der Waals surface area contributed by atoms with E-state index in [2.05, 4.69) is 10.6 Å². The number of hydrogen-bond acceptors (Lipinski definition) is 3. The molecule has 0 radical (unpaired) electrons. The molecule has 2 rings (SSSR count). The zero-order valence-electron chi connectivity index (χ0n) is 11.7. The van der Waals surface area contributed by atoms with Crippen molar-refractivity contribution in [2.24, 2.45) is 0 Å². The molecule has 0 aromatic heterocycles. The van der Waals surface area contributed by atoms with Gasteiger partial charge in [-0.05, 0) is 25.3 Å². The van der Waals surface area contributed by atoms with Gasteiger partial charge in [-0.25, -0.2) is 0 Å². The van der Waals surface area contributed by atoms with Gasteiger partial charge in [0.1, 0.15) is 0 Å². The minimum absolute atomic E-state index is 0. The normalized spacial score (nSPS) is 16.9. The van der Waals surface area contributed by atoms with Crippen LogP contribution in [0.25, 0.3) is 0 Å². The number of benzene rings is 1. The van der Waals surface area contributed by atoms with Gasteiger partial charge in [-0.15, -0.1) is 12.4 Å². The Bertz CT molecular complexity index is 410. The Hall–Kier alpha value is -1.10. The first-order chi connectivity index (χ1) is 9.15. The van der Waals surface area contributed by atoms with Crippen LogP contribution in [0.1, 0.15) is 25.3 Å². The van der Waals surface area contributed by atoms with Gasteiger partial charge in [0.2, 0.25) is 5.91 Å². The van der Waals surface area contributed by atoms with E-state index in [1.54, 1.807) is 0 Å². The van der Waals surface area contributed by atoms with Gasteiger partial charge in [-0.2, -0.15) is 0 Å². The lowest BCUT2D eigenvalue weighted by atomic mass is 10.0. The molecule has 1 aromatic rings. The van der Waals surface area contributed by atoms with Crippen molar-refractivity contribution < 1.29 is 9.90 Å². The highest BCUT2D eigenvalue weighted by molar-refractivity contribution is 5.85. The van der Waals surface area contributed by atoms with E-state index in [9.17, 15) is 9.90 Å². The third-order valence-electron chi connectivity index (χ3n) is 3.38. The number of carbonyl (C=O) groups is 1. The van der Waals surface area contributed by atoms with Crippen LogP contribution >= 0.6 is 12.4 Å². The molecule has 112 valence electrons. The molecule has 1 saturated carbocycles. The highest BCUT2D eigenvalue weighted by atomic mass is 35.5. The maximum Gasteiger partial charge on any atom is 0.234 e. The van der Waals surface area contributed by atoms with Crippen molar-refractivity contribution in [3.63, 3.8) is 0 Å². The average molecular weight is 299 g/mol. The summed E-state index contributed by atoms with van der Waals surface area (Å²) >= 11 is 0. The topological polar surface area (TPSA) is 61.4 Å². The van der Waals surface area contributed by atoms with Crippen molar-refractivity contribution >= 4 is 18.3 Å². The molecule has 1 aromatic carbocycles. The summed E-state index contributed by atoms with van der Waals surface area (Å²) in [5.74, 6) is -0.0495. The third kappa shape index (κ3) is 5.90. The first-order valence-corrected chi connectivity index (χ1v) is 6.90. The van der Waals surface area contributed by atoms with Gasteiger partial charge >= 0.3 is 0 Å². The molecule has 2 unspecified atom stereocenters. The van der Waals surface area contributed by atoms with Gasteiger partial charge in [0.25, 0.3) is 0 Å². The van der Waals surface area contributed by atoms with Crippen LogP contribution in [0.2, 0.25) is 0 Å². The molecule has 0 bridgehead atoms. The van der Waals surface area contributed by atoms with Crippen LogP contribution in [0.15, 0.2) is 30.3 Å². The molecular weight excluding hydrogens is 276 g/mol. The Morgan fingerprint density at radius 1 is 1.35 bits per heavy atom. The van der Waals surface area contributed by atoms with Crippen LogP contribution in [0.5, 0.6) is 0 Å². The van der Waals surface area contributed by atoms with Gasteiger partial charge in [-0.1, -0.05) is 30.3 Å². The van der Waals surface area contributed by atoms with E-state index in [0.717, 1.165) is 5.56 Å². The monoisotopic (exact) mass is 298 g/mol. The van der Waals surface area contributed by atoms with Crippen molar-refractivity contribution in [2.75, 3.05) is 6.54 Å². The maximum absolute atomic E-state index is 11.7. The summed E-state index contributed by atoms with van der Waals surface area (Å²) in [5, 5.41) is 16.1. The van der Waals surface area contributed by atoms with E-state index in [1.165, 1.54) is 12.8 Å². The van der Waals surface area contributed by atoms with Crippen LogP contribution in [0.4, 0.5) is 0 Å². The van der Waals surface area contributed by atoms with Gasteiger partial charge < -0.3 is 15.7 Å². The summed E-state index contributed by atoms with van der Waals surface area (Å²) in [6.45, 7) is 2.18. The van der Waals surface area contributed by atoms with Gasteiger partial charge in [-0.3, -0.25) is 4.79 Å². The second kappa shape index (κ2) is 8.25. The Kier molecular flexibility index (Phi) is 6.99. The van der Waals surface area contributed by atoms with E-state index in [4.69, 9.17) is 0 Å². The fraction of sp³-hybridized carbons (Fsp3) is 0.533. The molecular formula is C15H23ClN2O2. The number of halogens is 1. The Morgan fingerprint density at radius 3 is 2.60 bits per heavy atom. The minimum atomic E-state index is -0.563. The SMILES string of the molecule is CC(NC(=O)CNC1CC1)C(O)Cc1ccccc1.Cl. The second-order valence-corrected chi connectivity index (χ2v) is 5.27. The maximum atomic E-state index is 11.7. The Morgan fingerprint density at radius 2 is 2.00 bits per heavy atom. The van der Waals surface area contributed by atoms with Crippen LogP contribution in [0, 0.1) is 0 Å². The van der Waals surface area contributed by atoms with Crippen molar-refractivity contribution in [1.29, 1.82) is 0 Å². The number of aliphatic hydroxyl groups excluding tert-OH is 1. The van der Waals surface area contributed by atoms with Crippen LogP contribution in [0.3, 0.4) is 0 Å². The molecule has 1 aliphatic carbocycles. The molecule has 0 heterocycles. The first kappa shape index (κ1) is 17.0. The summed E-state index contributed by atoms with van der Waals surface area (Å²) in [6, 6.07) is 10.1. The first-order valence-electron chi connectivity index (χ1n) is 6.90. The Balaban J connectivity index is 0.00000200. The number of aliphatic hydroxyl groups is 1. The van der Waals surface area contributed by atoms with Crippen LogP contribution < -0.4 is 10.6 Å². The van der Waals surface area contributed by atoms with Gasteiger partial charge in [0.15, 0.2) is 0 Å². The standard InChI is InChI=1S/C15H22N2O2.ClH/c1-11(17-15(19)10-16-13-7-8-13)14(18)9-12-5-3-2-4-6-12;/h2-6,11,13-14,16,18H,7-10H2,1H3,(H,17,19);1H. The summed E-state index contributed by atoms with van der Waals surface area (Å²) in [7, 11) is 0. The average Bonchev–Trinajstić information content (AvgIpc) is 3.21. The van der Waals surface area contributed by atoms with E-state index in [1.807, 2.05) is 37.3 Å². The number of nitrogens with one attached hydrogen (secondary N) is 2. The van der Waals surface area contributed by atoms with E-state index in [-0.39, 0.29) is 24.4 Å². The van der Waals surface area contributed by atoms with E-state index >= 15 is 0 Å². The predicted molar refractivity (Wildman–Crippen MR) is 82.0 cm³/mol. The number of amides is 1. The highest BCUT2D eigenvalue weighted by Gasteiger charge is 2.22. The van der Waals surface area contributed by atoms with Crippen molar-refractivity contribution in [3.8, 4) is 0 Å². The van der Waals surface area contributed by atoms with Crippen LogP contribution in [-0.4, -0.2) is 35.7 Å². The van der Waals surface area contributed by atoms with Crippen molar-refractivity contribution in [1.82, 2.24) is 10.6 Å². The molecule has 5 heteroatoms. The summed E-state index contributed by atoms with van der Waals surface area (Å²) < 4.78 is 0. The predicted octanol–water partition coefficient (Wildman–Crippen LogP) is 1.27. The fourth-order valence-corrected chi connectivity index (χ4v) is 1.96. The minimum Gasteiger partial charge on any atom is -0.391 e. The second-order valence-electron chi connectivity index (χ2n) is 5.27. The highest BCUT2D eigenvalue weighted by Crippen LogP contribution is 2.17. The molecule has 1 fully saturated rings. The molecule has 0 saturated heterocycles. The van der Waals surface area contributed by atoms with E-state index < -0.39 is 6.10 Å². The molecule has 1 aliphatic rings. The Labute approximate surface area is 126 Å². The fourth-order valence-electron chi connectivity index (χ4n) is 1.96. The quantitative estimate of drug-likeness (QED) is 0.710. The largest absolute Gasteiger partial charge is 0.391 e. The summed E-state index contributed by atoms with van der Waals surface area (Å²) in [6.07, 6.45) is 2.32. The summed E-state index contributed by atoms with van der Waals surface area (Å²) in [4.78, 5) is 11.7. The number of hydrogen-bond donors (Lipinski definition) is 3. The zero-order valence-corrected chi connectivity index (χ0v) is 12.5. The smallest absolute Gasteiger partial charge is 0.234 e. The lowest BCUT2D eigenvalue weighted by Gasteiger charge is -2.20. The van der Waals surface area contributed by atoms with Crippen molar-refractivity contribution in [3.05, 3.63) is 35.9 Å².